The Bertz CT molecular complexity index is 610. The number of hydrogen-bond donors (Lipinski definition) is 2. The fourth-order valence-corrected chi connectivity index (χ4v) is 3.05. The van der Waals surface area contributed by atoms with E-state index in [0.29, 0.717) is 17.7 Å². The summed E-state index contributed by atoms with van der Waals surface area (Å²) in [5, 5.41) is 0.880. The van der Waals surface area contributed by atoms with E-state index >= 15 is 0 Å². The van der Waals surface area contributed by atoms with Gasteiger partial charge in [0.25, 0.3) is 5.91 Å². The number of nitrogen functional groups attached to an aromatic ring is 1. The highest BCUT2D eigenvalue weighted by Crippen LogP contribution is 2.25. The molecular formula is C14H17N3O2S. The molecule has 1 amide bonds. The minimum atomic E-state index is -0.286. The van der Waals surface area contributed by atoms with Gasteiger partial charge in [0.1, 0.15) is 10.6 Å². The number of ether oxygens (including phenoxy) is 1. The van der Waals surface area contributed by atoms with E-state index in [1.807, 2.05) is 31.2 Å². The van der Waals surface area contributed by atoms with E-state index < -0.39 is 0 Å². The van der Waals surface area contributed by atoms with Gasteiger partial charge in [-0.15, -0.1) is 11.3 Å². The largest absolute Gasteiger partial charge is 0.496 e. The smallest absolute Gasteiger partial charge is 0.277 e. The van der Waals surface area contributed by atoms with Crippen molar-refractivity contribution in [1.29, 1.82) is 0 Å². The van der Waals surface area contributed by atoms with E-state index in [-0.39, 0.29) is 5.91 Å². The Kier molecular flexibility index (Phi) is 4.70. The molecule has 0 aliphatic rings. The molecule has 5 nitrogen and oxygen atoms in total. The van der Waals surface area contributed by atoms with Gasteiger partial charge in [-0.2, -0.15) is 0 Å². The number of carbonyl (C=O) groups excluding carboxylic acids is 1. The van der Waals surface area contributed by atoms with Gasteiger partial charge in [0.2, 0.25) is 0 Å². The Morgan fingerprint density at radius 2 is 2.20 bits per heavy atom. The zero-order chi connectivity index (χ0) is 14.5. The van der Waals surface area contributed by atoms with Gasteiger partial charge in [0, 0.05) is 12.0 Å². The first-order valence-electron chi connectivity index (χ1n) is 6.31. The molecule has 0 bridgehead atoms. The van der Waals surface area contributed by atoms with Crippen LogP contribution in [0.5, 0.6) is 5.75 Å². The monoisotopic (exact) mass is 291 g/mol. The number of aromatic nitrogens is 1. The Labute approximate surface area is 121 Å². The molecule has 0 spiro atoms. The van der Waals surface area contributed by atoms with Crippen molar-refractivity contribution in [2.45, 2.75) is 19.8 Å². The first-order valence-corrected chi connectivity index (χ1v) is 7.12. The number of nitrogens with zero attached hydrogens (tertiary/aromatic N) is 1. The number of benzene rings is 1. The Morgan fingerprint density at radius 1 is 1.45 bits per heavy atom. The lowest BCUT2D eigenvalue weighted by atomic mass is 10.1. The first kappa shape index (κ1) is 14.5. The molecule has 2 aromatic rings. The van der Waals surface area contributed by atoms with Gasteiger partial charge in [-0.05, 0) is 12.5 Å². The lowest BCUT2D eigenvalue weighted by Crippen LogP contribution is -2.30. The van der Waals surface area contributed by atoms with Crippen LogP contribution in [-0.2, 0) is 12.8 Å². The third kappa shape index (κ3) is 2.97. The lowest BCUT2D eigenvalue weighted by molar-refractivity contribution is 0.0956. The molecular weight excluding hydrogens is 274 g/mol. The molecule has 1 aromatic heterocycles. The normalized spacial score (nSPS) is 10.3. The van der Waals surface area contributed by atoms with Crippen molar-refractivity contribution < 1.29 is 9.53 Å². The molecule has 0 aliphatic heterocycles. The first-order chi connectivity index (χ1) is 9.69. The van der Waals surface area contributed by atoms with Gasteiger partial charge in [-0.25, -0.2) is 10.8 Å². The number of hydrogen-bond acceptors (Lipinski definition) is 5. The number of methoxy groups -OCH3 is 1. The summed E-state index contributed by atoms with van der Waals surface area (Å²) in [6, 6.07) is 7.79. The number of hydrazine groups is 1. The molecule has 6 heteroatoms. The zero-order valence-corrected chi connectivity index (χ0v) is 12.3. The number of amides is 1. The molecule has 0 fully saturated rings. The van der Waals surface area contributed by atoms with Crippen molar-refractivity contribution >= 4 is 17.2 Å². The van der Waals surface area contributed by atoms with Crippen LogP contribution in [0, 0.1) is 0 Å². The standard InChI is InChI=1S/C14H17N3O2S/c1-3-10-13(14(18)17-15)20-12(16-10)8-9-6-4-5-7-11(9)19-2/h4-7H,3,8,15H2,1-2H3,(H,17,18). The van der Waals surface area contributed by atoms with Crippen molar-refractivity contribution in [2.24, 2.45) is 5.84 Å². The van der Waals surface area contributed by atoms with E-state index in [2.05, 4.69) is 10.4 Å². The number of nitrogens with two attached hydrogens (primary N) is 1. The van der Waals surface area contributed by atoms with Crippen molar-refractivity contribution in [1.82, 2.24) is 10.4 Å². The Morgan fingerprint density at radius 3 is 2.85 bits per heavy atom. The van der Waals surface area contributed by atoms with Crippen LogP contribution in [0.15, 0.2) is 24.3 Å². The van der Waals surface area contributed by atoms with E-state index in [1.54, 1.807) is 7.11 Å². The zero-order valence-electron chi connectivity index (χ0n) is 11.5. The van der Waals surface area contributed by atoms with Crippen LogP contribution < -0.4 is 16.0 Å². The fourth-order valence-electron chi connectivity index (χ4n) is 1.97. The Hall–Kier alpha value is -1.92. The van der Waals surface area contributed by atoms with Crippen LogP contribution >= 0.6 is 11.3 Å². The molecule has 106 valence electrons. The SMILES string of the molecule is CCc1nc(Cc2ccccc2OC)sc1C(=O)NN. The number of thiazole rings is 1. The van der Waals surface area contributed by atoms with E-state index in [0.717, 1.165) is 22.0 Å². The number of aryl methyl sites for hydroxylation is 1. The third-order valence-corrected chi connectivity index (χ3v) is 4.04. The second kappa shape index (κ2) is 6.49. The predicted octanol–water partition coefficient (Wildman–Crippen LogP) is 1.91. The summed E-state index contributed by atoms with van der Waals surface area (Å²) in [4.78, 5) is 16.8. The van der Waals surface area contributed by atoms with Gasteiger partial charge in [0.05, 0.1) is 17.8 Å². The van der Waals surface area contributed by atoms with E-state index in [1.165, 1.54) is 11.3 Å². The second-order valence-electron chi connectivity index (χ2n) is 4.20. The lowest BCUT2D eigenvalue weighted by Gasteiger charge is -2.05. The maximum absolute atomic E-state index is 11.7. The quantitative estimate of drug-likeness (QED) is 0.501. The van der Waals surface area contributed by atoms with Crippen LogP contribution in [0.4, 0.5) is 0 Å². The van der Waals surface area contributed by atoms with Crippen LogP contribution in [0.2, 0.25) is 0 Å². The molecule has 0 saturated heterocycles. The predicted molar refractivity (Wildman–Crippen MR) is 78.9 cm³/mol. The maximum atomic E-state index is 11.7. The van der Waals surface area contributed by atoms with Gasteiger partial charge in [0.15, 0.2) is 0 Å². The molecule has 1 heterocycles. The second-order valence-corrected chi connectivity index (χ2v) is 5.28. The average molecular weight is 291 g/mol. The average Bonchev–Trinajstić information content (AvgIpc) is 2.90. The van der Waals surface area contributed by atoms with Gasteiger partial charge < -0.3 is 4.74 Å². The molecule has 20 heavy (non-hydrogen) atoms. The van der Waals surface area contributed by atoms with Gasteiger partial charge in [-0.1, -0.05) is 25.1 Å². The molecule has 0 saturated carbocycles. The molecule has 3 N–H and O–H groups in total. The fraction of sp³-hybridized carbons (Fsp3) is 0.286. The van der Waals surface area contributed by atoms with E-state index in [9.17, 15) is 4.79 Å². The van der Waals surface area contributed by atoms with Crippen molar-refractivity contribution in [2.75, 3.05) is 7.11 Å². The summed E-state index contributed by atoms with van der Waals surface area (Å²) < 4.78 is 5.33. The summed E-state index contributed by atoms with van der Waals surface area (Å²) in [6.45, 7) is 1.97. The molecule has 2 rings (SSSR count). The molecule has 0 unspecified atom stereocenters. The third-order valence-electron chi connectivity index (χ3n) is 2.95. The highest BCUT2D eigenvalue weighted by molar-refractivity contribution is 7.13. The minimum Gasteiger partial charge on any atom is -0.496 e. The Balaban J connectivity index is 2.30. The molecule has 0 radical (unpaired) electrons. The van der Waals surface area contributed by atoms with Crippen molar-refractivity contribution in [3.05, 3.63) is 45.4 Å². The summed E-state index contributed by atoms with van der Waals surface area (Å²) in [7, 11) is 1.64. The molecule has 1 aromatic carbocycles. The van der Waals surface area contributed by atoms with Crippen molar-refractivity contribution in [3.63, 3.8) is 0 Å². The summed E-state index contributed by atoms with van der Waals surface area (Å²) in [6.07, 6.45) is 1.34. The topological polar surface area (TPSA) is 77.2 Å². The number of carbonyl (C=O) groups is 1. The summed E-state index contributed by atoms with van der Waals surface area (Å²) in [5.41, 5.74) is 3.99. The van der Waals surface area contributed by atoms with Crippen LogP contribution in [0.3, 0.4) is 0 Å². The van der Waals surface area contributed by atoms with Crippen LogP contribution in [0.25, 0.3) is 0 Å². The van der Waals surface area contributed by atoms with E-state index in [4.69, 9.17) is 10.6 Å². The number of para-hydroxylation sites is 1. The number of nitrogens with one attached hydrogen (secondary N) is 1. The summed E-state index contributed by atoms with van der Waals surface area (Å²) >= 11 is 1.37. The molecule has 0 atom stereocenters. The van der Waals surface area contributed by atoms with Crippen molar-refractivity contribution in [3.8, 4) is 5.75 Å². The molecule has 0 aliphatic carbocycles. The van der Waals surface area contributed by atoms with Crippen LogP contribution in [0.1, 0.15) is 32.9 Å². The van der Waals surface area contributed by atoms with Gasteiger partial charge in [-0.3, -0.25) is 10.2 Å². The highest BCUT2D eigenvalue weighted by atomic mass is 32.1. The summed E-state index contributed by atoms with van der Waals surface area (Å²) in [5.74, 6) is 5.73. The maximum Gasteiger partial charge on any atom is 0.277 e. The highest BCUT2D eigenvalue weighted by Gasteiger charge is 2.17. The van der Waals surface area contributed by atoms with Gasteiger partial charge >= 0.3 is 0 Å². The number of rotatable bonds is 5. The minimum absolute atomic E-state index is 0.286. The van der Waals surface area contributed by atoms with Crippen LogP contribution in [-0.4, -0.2) is 18.0 Å².